The number of nitrogens with zero attached hydrogens (tertiary/aromatic N) is 14. The van der Waals surface area contributed by atoms with Gasteiger partial charge in [0.15, 0.2) is 6.61 Å². The second-order valence-electron chi connectivity index (χ2n) is 16.9. The van der Waals surface area contributed by atoms with E-state index in [1.165, 1.54) is 0 Å². The number of pyridine rings is 2. The molecule has 1 atom stereocenters. The summed E-state index contributed by atoms with van der Waals surface area (Å²) in [6.07, 6.45) is 4.17. The van der Waals surface area contributed by atoms with Gasteiger partial charge in [-0.1, -0.05) is 67.6 Å². The topological polar surface area (TPSA) is 260 Å². The van der Waals surface area contributed by atoms with Gasteiger partial charge in [-0.25, -0.2) is 29.3 Å². The van der Waals surface area contributed by atoms with Crippen molar-refractivity contribution in [3.8, 4) is 74.3 Å². The lowest BCUT2D eigenvalue weighted by atomic mass is 9.98. The average molecular weight is 955 g/mol. The molecular weight excluding hydrogens is 909 g/mol. The SMILES string of the molecule is CCC(OC)c1cccc(Cn2cc(-c3cc(-c4cccc(C#N)c4)nc(NC(=O)COc4ccc(-c5cc(C#N)cc(-c6cc(-c7cn(Cc8cccc(C(C)C)n8)nn7)nc(N)n6)c5)cc4)n3)nn2)n1. The third-order valence-electron chi connectivity index (χ3n) is 11.4. The van der Waals surface area contributed by atoms with Gasteiger partial charge in [0, 0.05) is 23.9 Å². The summed E-state index contributed by atoms with van der Waals surface area (Å²) in [4.78, 5) is 41.1. The number of nitrogens with two attached hydrogens (primary N) is 1. The quantitative estimate of drug-likeness (QED) is 0.0870. The highest BCUT2D eigenvalue weighted by Crippen LogP contribution is 2.31. The van der Waals surface area contributed by atoms with E-state index >= 15 is 0 Å². The van der Waals surface area contributed by atoms with E-state index in [0.717, 1.165) is 40.3 Å². The summed E-state index contributed by atoms with van der Waals surface area (Å²) in [6, 6.07) is 39.1. The molecule has 72 heavy (non-hydrogen) atoms. The third kappa shape index (κ3) is 11.3. The maximum Gasteiger partial charge on any atom is 0.264 e. The molecule has 6 aromatic heterocycles. The number of anilines is 2. The zero-order chi connectivity index (χ0) is 50.1. The first kappa shape index (κ1) is 47.5. The van der Waals surface area contributed by atoms with E-state index in [1.807, 2.05) is 67.6 Å². The number of rotatable bonds is 17. The van der Waals surface area contributed by atoms with Crippen LogP contribution in [0.25, 0.3) is 56.4 Å². The van der Waals surface area contributed by atoms with Gasteiger partial charge >= 0.3 is 0 Å². The Bertz CT molecular complexity index is 3500. The summed E-state index contributed by atoms with van der Waals surface area (Å²) in [5.74, 6) is 0.229. The van der Waals surface area contributed by atoms with E-state index in [9.17, 15) is 15.3 Å². The summed E-state index contributed by atoms with van der Waals surface area (Å²) < 4.78 is 14.8. The van der Waals surface area contributed by atoms with Gasteiger partial charge in [0.2, 0.25) is 11.9 Å². The Morgan fingerprint density at radius 1 is 0.639 bits per heavy atom. The van der Waals surface area contributed by atoms with Crippen molar-refractivity contribution in [2.45, 2.75) is 52.3 Å². The Balaban J connectivity index is 0.890. The molecular formula is C53H46N16O3. The van der Waals surface area contributed by atoms with Crippen molar-refractivity contribution in [2.75, 3.05) is 24.8 Å². The van der Waals surface area contributed by atoms with Crippen LogP contribution < -0.4 is 15.8 Å². The molecule has 19 heteroatoms. The molecule has 19 nitrogen and oxygen atoms in total. The molecule has 0 bridgehead atoms. The number of aromatic nitrogens is 12. The number of benzene rings is 3. The van der Waals surface area contributed by atoms with Gasteiger partial charge in [0.25, 0.3) is 5.91 Å². The maximum absolute atomic E-state index is 13.4. The van der Waals surface area contributed by atoms with Gasteiger partial charge in [0.05, 0.1) is 94.7 Å². The zero-order valence-corrected chi connectivity index (χ0v) is 39.7. The molecule has 0 saturated heterocycles. The molecule has 3 N–H and O–H groups in total. The van der Waals surface area contributed by atoms with E-state index in [0.29, 0.717) is 81.2 Å². The largest absolute Gasteiger partial charge is 0.484 e. The average Bonchev–Trinajstić information content (AvgIpc) is 4.08. The molecule has 0 radical (unpaired) electrons. The number of nitrogens with one attached hydrogen (secondary N) is 1. The standard InChI is InChI=1S/C53H46N16O3/c1-5-50(71-4)43-14-8-12-40(58-43)28-69-30-49(65-67-69)47-23-44(36-10-6-9-33(19-36)25-54)61-53(62-47)63-51(70)31-72-41-17-15-35(16-18-41)37-20-34(26-55)21-38(22-37)45-24-46(60-52(56)59-45)48-29-68(66-64-48)27-39-11-7-13-42(57-39)32(2)3/h6-24,29-30,32,50H,5,27-28,31H2,1-4H3,(H2,56,59,60)(H,61,62,63,70). The van der Waals surface area contributed by atoms with Gasteiger partial charge in [0.1, 0.15) is 17.1 Å². The van der Waals surface area contributed by atoms with Gasteiger partial charge in [-0.3, -0.25) is 20.1 Å². The number of hydrogen-bond donors (Lipinski definition) is 2. The summed E-state index contributed by atoms with van der Waals surface area (Å²) in [7, 11) is 1.66. The normalized spacial score (nSPS) is 11.5. The van der Waals surface area contributed by atoms with Gasteiger partial charge in [-0.15, -0.1) is 10.2 Å². The van der Waals surface area contributed by atoms with Crippen molar-refractivity contribution in [3.63, 3.8) is 0 Å². The fraction of sp³-hybridized carbons (Fsp3) is 0.189. The zero-order valence-electron chi connectivity index (χ0n) is 39.7. The van der Waals surface area contributed by atoms with Crippen molar-refractivity contribution in [3.05, 3.63) is 162 Å². The van der Waals surface area contributed by atoms with Crippen LogP contribution in [-0.4, -0.2) is 79.5 Å². The van der Waals surface area contributed by atoms with Crippen LogP contribution in [0.5, 0.6) is 5.75 Å². The first-order valence-corrected chi connectivity index (χ1v) is 22.9. The Morgan fingerprint density at radius 3 is 1.88 bits per heavy atom. The van der Waals surface area contributed by atoms with Crippen LogP contribution in [0, 0.1) is 22.7 Å². The molecule has 9 aromatic rings. The van der Waals surface area contributed by atoms with Crippen molar-refractivity contribution in [1.29, 1.82) is 10.5 Å². The number of hydrogen-bond acceptors (Lipinski definition) is 16. The highest BCUT2D eigenvalue weighted by atomic mass is 16.5. The van der Waals surface area contributed by atoms with Crippen molar-refractivity contribution in [1.82, 2.24) is 59.9 Å². The second kappa shape index (κ2) is 21.4. The van der Waals surface area contributed by atoms with Gasteiger partial charge < -0.3 is 15.2 Å². The fourth-order valence-corrected chi connectivity index (χ4v) is 7.82. The molecule has 3 aromatic carbocycles. The number of carbonyl (C=O) groups excluding carboxylic acids is 1. The predicted molar refractivity (Wildman–Crippen MR) is 267 cm³/mol. The van der Waals surface area contributed by atoms with Crippen LogP contribution in [-0.2, 0) is 22.6 Å². The summed E-state index contributed by atoms with van der Waals surface area (Å²) in [6.45, 7) is 6.64. The molecule has 0 spiro atoms. The van der Waals surface area contributed by atoms with Crippen LogP contribution in [0.2, 0.25) is 0 Å². The summed E-state index contributed by atoms with van der Waals surface area (Å²) in [5.41, 5.74) is 16.1. The highest BCUT2D eigenvalue weighted by Gasteiger charge is 2.18. The lowest BCUT2D eigenvalue weighted by Crippen LogP contribution is -2.21. The van der Waals surface area contributed by atoms with Crippen LogP contribution in [0.15, 0.2) is 128 Å². The smallest absolute Gasteiger partial charge is 0.264 e. The maximum atomic E-state index is 13.4. The van der Waals surface area contributed by atoms with Crippen LogP contribution >= 0.6 is 0 Å². The van der Waals surface area contributed by atoms with E-state index in [2.05, 4.69) is 71.9 Å². The molecule has 0 aliphatic heterocycles. The number of nitriles is 2. The predicted octanol–water partition coefficient (Wildman–Crippen LogP) is 8.24. The minimum absolute atomic E-state index is 0.000705. The summed E-state index contributed by atoms with van der Waals surface area (Å²) >= 11 is 0. The highest BCUT2D eigenvalue weighted by molar-refractivity contribution is 5.91. The Kier molecular flexibility index (Phi) is 14.1. The Labute approximate surface area is 414 Å². The number of nitrogen functional groups attached to an aromatic ring is 1. The minimum Gasteiger partial charge on any atom is -0.484 e. The second-order valence-corrected chi connectivity index (χ2v) is 16.9. The van der Waals surface area contributed by atoms with Crippen molar-refractivity contribution >= 4 is 17.8 Å². The first-order valence-electron chi connectivity index (χ1n) is 22.9. The fourth-order valence-electron chi connectivity index (χ4n) is 7.82. The Hall–Kier alpha value is -9.59. The van der Waals surface area contributed by atoms with Crippen molar-refractivity contribution in [2.24, 2.45) is 0 Å². The monoisotopic (exact) mass is 954 g/mol. The number of carbonyl (C=O) groups is 1. The summed E-state index contributed by atoms with van der Waals surface area (Å²) in [5, 5.41) is 39.7. The molecule has 1 unspecified atom stereocenters. The third-order valence-corrected chi connectivity index (χ3v) is 11.4. The molecule has 0 fully saturated rings. The lowest BCUT2D eigenvalue weighted by Gasteiger charge is -2.13. The Morgan fingerprint density at radius 2 is 1.22 bits per heavy atom. The molecule has 0 aliphatic carbocycles. The number of ether oxygens (including phenoxy) is 2. The molecule has 9 rings (SSSR count). The van der Waals surface area contributed by atoms with Crippen molar-refractivity contribution < 1.29 is 14.3 Å². The van der Waals surface area contributed by atoms with E-state index in [4.69, 9.17) is 25.2 Å². The van der Waals surface area contributed by atoms with Crippen LogP contribution in [0.1, 0.15) is 73.1 Å². The lowest BCUT2D eigenvalue weighted by molar-refractivity contribution is -0.118. The van der Waals surface area contributed by atoms with E-state index < -0.39 is 5.91 Å². The minimum atomic E-state index is -0.519. The van der Waals surface area contributed by atoms with E-state index in [-0.39, 0.29) is 24.6 Å². The first-order chi connectivity index (χ1) is 35.0. The van der Waals surface area contributed by atoms with Gasteiger partial charge in [-0.05, 0) is 102 Å². The molecule has 1 amide bonds. The van der Waals surface area contributed by atoms with Crippen LogP contribution in [0.4, 0.5) is 11.9 Å². The molecule has 6 heterocycles. The number of amides is 1. The molecule has 0 aliphatic rings. The van der Waals surface area contributed by atoms with Gasteiger partial charge in [-0.2, -0.15) is 10.5 Å². The van der Waals surface area contributed by atoms with E-state index in [1.54, 1.807) is 83.5 Å². The molecule has 356 valence electrons. The number of methoxy groups -OCH3 is 1. The van der Waals surface area contributed by atoms with Crippen LogP contribution in [0.3, 0.4) is 0 Å². The molecule has 0 saturated carbocycles.